The molecule has 1 fully saturated rings. The summed E-state index contributed by atoms with van der Waals surface area (Å²) < 4.78 is 0. The van der Waals surface area contributed by atoms with E-state index in [0.29, 0.717) is 12.8 Å². The number of carbonyl (C=O) groups excluding carboxylic acids is 1. The van der Waals surface area contributed by atoms with Gasteiger partial charge in [-0.3, -0.25) is 4.79 Å². The third-order valence-corrected chi connectivity index (χ3v) is 5.69. The zero-order chi connectivity index (χ0) is 18.8. The highest BCUT2D eigenvalue weighted by Crippen LogP contribution is 2.52. The smallest absolute Gasteiger partial charge is 0.318 e. The molecule has 3 atom stereocenters. The third-order valence-electron chi connectivity index (χ3n) is 5.69. The molecular weight excluding hydrogens is 340 g/mol. The molecule has 0 saturated carbocycles. The molecule has 5 heteroatoms. The van der Waals surface area contributed by atoms with Crippen molar-refractivity contribution in [1.29, 1.82) is 0 Å². The largest absolute Gasteiger partial charge is 0.481 e. The number of carboxylic acid groups (broad SMARTS) is 1. The lowest BCUT2D eigenvalue weighted by atomic mass is 9.92. The Bertz CT molecular complexity index is 805. The van der Waals surface area contributed by atoms with Crippen LogP contribution in [0.3, 0.4) is 0 Å². The van der Waals surface area contributed by atoms with Crippen molar-refractivity contribution in [3.05, 3.63) is 71.3 Å². The molecule has 27 heavy (non-hydrogen) atoms. The van der Waals surface area contributed by atoms with E-state index in [1.807, 2.05) is 47.4 Å². The van der Waals surface area contributed by atoms with E-state index < -0.39 is 5.97 Å². The lowest BCUT2D eigenvalue weighted by molar-refractivity contribution is -0.137. The summed E-state index contributed by atoms with van der Waals surface area (Å²) in [6, 6.07) is 18.2. The molecule has 1 saturated heterocycles. The summed E-state index contributed by atoms with van der Waals surface area (Å²) in [5.74, 6) is -0.837. The minimum absolute atomic E-state index is 0.0465. The van der Waals surface area contributed by atoms with Crippen LogP contribution < -0.4 is 5.32 Å². The van der Waals surface area contributed by atoms with Gasteiger partial charge in [0.15, 0.2) is 0 Å². The van der Waals surface area contributed by atoms with Gasteiger partial charge in [-0.2, -0.15) is 0 Å². The number of fused-ring (bicyclic) bond motifs is 5. The lowest BCUT2D eigenvalue weighted by Crippen LogP contribution is -2.44. The van der Waals surface area contributed by atoms with Crippen LogP contribution in [0.5, 0.6) is 0 Å². The van der Waals surface area contributed by atoms with E-state index in [-0.39, 0.29) is 30.6 Å². The Hall–Kier alpha value is -2.82. The fourth-order valence-electron chi connectivity index (χ4n) is 4.49. The van der Waals surface area contributed by atoms with Crippen molar-refractivity contribution in [2.45, 2.75) is 50.2 Å². The molecule has 4 rings (SSSR count). The van der Waals surface area contributed by atoms with Gasteiger partial charge >= 0.3 is 12.0 Å². The predicted octanol–water partition coefficient (Wildman–Crippen LogP) is 4.06. The van der Waals surface area contributed by atoms with Gasteiger partial charge in [0.1, 0.15) is 0 Å². The van der Waals surface area contributed by atoms with Crippen molar-refractivity contribution in [3.8, 4) is 0 Å². The predicted molar refractivity (Wildman–Crippen MR) is 102 cm³/mol. The Morgan fingerprint density at radius 3 is 2.19 bits per heavy atom. The number of carbonyl (C=O) groups is 2. The van der Waals surface area contributed by atoms with Gasteiger partial charge in [0.25, 0.3) is 0 Å². The molecule has 0 spiro atoms. The van der Waals surface area contributed by atoms with Crippen molar-refractivity contribution in [3.63, 3.8) is 0 Å². The number of aliphatic carboxylic acids is 1. The highest BCUT2D eigenvalue weighted by Gasteiger charge is 2.46. The van der Waals surface area contributed by atoms with Crippen molar-refractivity contribution in [1.82, 2.24) is 10.2 Å². The zero-order valence-electron chi connectivity index (χ0n) is 15.2. The average molecular weight is 364 g/mol. The average Bonchev–Trinajstić information content (AvgIpc) is 3.24. The number of hydrogen-bond acceptors (Lipinski definition) is 2. The van der Waals surface area contributed by atoms with Crippen molar-refractivity contribution < 1.29 is 14.7 Å². The van der Waals surface area contributed by atoms with Gasteiger partial charge in [-0.15, -0.1) is 0 Å². The number of urea groups is 1. The number of benzene rings is 2. The number of hydrogen-bond donors (Lipinski definition) is 2. The molecule has 2 aromatic carbocycles. The number of nitrogens with zero attached hydrogens (tertiary/aromatic N) is 1. The second-order valence-corrected chi connectivity index (χ2v) is 7.41. The van der Waals surface area contributed by atoms with Gasteiger partial charge in [0, 0.05) is 12.5 Å². The molecule has 0 aliphatic carbocycles. The second kappa shape index (κ2) is 7.43. The highest BCUT2D eigenvalue weighted by atomic mass is 16.4. The highest BCUT2D eigenvalue weighted by molar-refractivity contribution is 5.77. The minimum atomic E-state index is -0.837. The van der Waals surface area contributed by atoms with Crippen molar-refractivity contribution >= 4 is 12.0 Å². The summed E-state index contributed by atoms with van der Waals surface area (Å²) >= 11 is 0. The summed E-state index contributed by atoms with van der Waals surface area (Å²) in [5.41, 5.74) is 3.61. The molecule has 0 aromatic heterocycles. The first-order chi connectivity index (χ1) is 13.1. The summed E-state index contributed by atoms with van der Waals surface area (Å²) in [6.07, 6.45) is 3.09. The van der Waals surface area contributed by atoms with E-state index in [0.717, 1.165) is 18.4 Å². The van der Waals surface area contributed by atoms with Crippen LogP contribution in [0.25, 0.3) is 0 Å². The first-order valence-corrected chi connectivity index (χ1v) is 9.57. The van der Waals surface area contributed by atoms with E-state index in [4.69, 9.17) is 5.11 Å². The molecule has 3 unspecified atom stereocenters. The van der Waals surface area contributed by atoms with Crippen LogP contribution in [0.15, 0.2) is 54.6 Å². The summed E-state index contributed by atoms with van der Waals surface area (Å²) in [6.45, 7) is 0. The fourth-order valence-corrected chi connectivity index (χ4v) is 4.49. The molecule has 2 amide bonds. The topological polar surface area (TPSA) is 69.6 Å². The van der Waals surface area contributed by atoms with Crippen molar-refractivity contribution in [2.24, 2.45) is 0 Å². The van der Waals surface area contributed by atoms with Crippen LogP contribution >= 0.6 is 0 Å². The Morgan fingerprint density at radius 2 is 1.59 bits per heavy atom. The molecule has 2 aliphatic heterocycles. The zero-order valence-corrected chi connectivity index (χ0v) is 15.2. The summed E-state index contributed by atoms with van der Waals surface area (Å²) in [4.78, 5) is 26.1. The minimum Gasteiger partial charge on any atom is -0.481 e. The Labute approximate surface area is 159 Å². The van der Waals surface area contributed by atoms with Crippen LogP contribution in [0.1, 0.15) is 54.5 Å². The van der Waals surface area contributed by atoms with E-state index in [1.165, 1.54) is 11.1 Å². The number of carboxylic acids is 1. The van der Waals surface area contributed by atoms with Gasteiger partial charge < -0.3 is 15.3 Å². The molecule has 0 radical (unpaired) electrons. The van der Waals surface area contributed by atoms with Gasteiger partial charge in [0.2, 0.25) is 0 Å². The van der Waals surface area contributed by atoms with Crippen LogP contribution in [0.4, 0.5) is 4.79 Å². The van der Waals surface area contributed by atoms with E-state index in [2.05, 4.69) is 17.4 Å². The lowest BCUT2D eigenvalue weighted by Gasteiger charge is -2.27. The van der Waals surface area contributed by atoms with Crippen LogP contribution in [0.2, 0.25) is 0 Å². The Kier molecular flexibility index (Phi) is 4.84. The van der Waals surface area contributed by atoms with Crippen molar-refractivity contribution in [2.75, 3.05) is 0 Å². The van der Waals surface area contributed by atoms with Crippen LogP contribution in [-0.4, -0.2) is 28.0 Å². The normalized spacial score (nSPS) is 21.0. The maximum absolute atomic E-state index is 13.1. The molecule has 2 aliphatic rings. The molecular formula is C22H24N2O3. The van der Waals surface area contributed by atoms with Gasteiger partial charge in [-0.1, -0.05) is 54.6 Å². The first-order valence-electron chi connectivity index (χ1n) is 9.57. The molecule has 5 nitrogen and oxygen atoms in total. The maximum atomic E-state index is 13.1. The molecule has 140 valence electrons. The standard InChI is InChI=1S/C22H24N2O3/c25-21(26)13-10-16(14-15-6-2-1-3-7-15)23-22(27)24-19-11-12-20(24)18-9-5-4-8-17(18)19/h1-9,16,19-20H,10-14H2,(H,23,27)(H,25,26). The van der Waals surface area contributed by atoms with E-state index in [1.54, 1.807) is 0 Å². The monoisotopic (exact) mass is 364 g/mol. The Morgan fingerprint density at radius 1 is 1.00 bits per heavy atom. The van der Waals surface area contributed by atoms with Crippen LogP contribution in [-0.2, 0) is 11.2 Å². The maximum Gasteiger partial charge on any atom is 0.318 e. The third kappa shape index (κ3) is 3.54. The summed E-state index contributed by atoms with van der Waals surface area (Å²) in [5, 5.41) is 12.2. The van der Waals surface area contributed by atoms with Gasteiger partial charge in [-0.25, -0.2) is 4.79 Å². The molecule has 2 bridgehead atoms. The molecule has 2 aromatic rings. The molecule has 2 heterocycles. The number of rotatable bonds is 6. The van der Waals surface area contributed by atoms with E-state index >= 15 is 0 Å². The van der Waals surface area contributed by atoms with Crippen LogP contribution in [0, 0.1) is 0 Å². The van der Waals surface area contributed by atoms with Gasteiger partial charge in [0.05, 0.1) is 12.1 Å². The Balaban J connectivity index is 1.48. The fraction of sp³-hybridized carbons (Fsp3) is 0.364. The quantitative estimate of drug-likeness (QED) is 0.812. The first kappa shape index (κ1) is 17.6. The second-order valence-electron chi connectivity index (χ2n) is 7.41. The summed E-state index contributed by atoms with van der Waals surface area (Å²) in [7, 11) is 0. The van der Waals surface area contributed by atoms with Gasteiger partial charge in [-0.05, 0) is 42.4 Å². The SMILES string of the molecule is O=C(O)CCC(Cc1ccccc1)NC(=O)N1C2CCC1c1ccccc12. The molecule has 2 N–H and O–H groups in total. The number of nitrogens with one attached hydrogen (secondary N) is 1. The van der Waals surface area contributed by atoms with E-state index in [9.17, 15) is 9.59 Å². The number of amides is 2.